The van der Waals surface area contributed by atoms with Gasteiger partial charge < -0.3 is 11.1 Å². The minimum atomic E-state index is -4.55. The van der Waals surface area contributed by atoms with Gasteiger partial charge in [0.05, 0.1) is 22.5 Å². The molecule has 1 saturated carbocycles. The highest BCUT2D eigenvalue weighted by atomic mass is 32.2. The van der Waals surface area contributed by atoms with E-state index < -0.39 is 32.9 Å². The lowest BCUT2D eigenvalue weighted by molar-refractivity contribution is -0.141. The zero-order chi connectivity index (χ0) is 25.2. The molecule has 0 atom stereocenters. The smallest absolute Gasteiger partial charge is 0.366 e. The second-order valence-electron chi connectivity index (χ2n) is 8.27. The van der Waals surface area contributed by atoms with Gasteiger partial charge in [-0.25, -0.2) is 18.4 Å². The van der Waals surface area contributed by atoms with Gasteiger partial charge in [-0.15, -0.1) is 0 Å². The van der Waals surface area contributed by atoms with E-state index in [2.05, 4.69) is 20.3 Å². The summed E-state index contributed by atoms with van der Waals surface area (Å²) in [5.41, 5.74) is 5.73. The number of hydrogen-bond donors (Lipinski definition) is 2. The number of nitrogens with zero attached hydrogens (tertiary/aromatic N) is 3. The Balaban J connectivity index is 1.39. The molecule has 0 saturated heterocycles. The molecule has 2 heterocycles. The molecule has 1 aliphatic rings. The Kier molecular flexibility index (Phi) is 6.75. The fourth-order valence-corrected chi connectivity index (χ4v) is 5.84. The van der Waals surface area contributed by atoms with E-state index >= 15 is 0 Å². The maximum Gasteiger partial charge on any atom is 0.434 e. The molecule has 0 aliphatic heterocycles. The molecule has 0 unspecified atom stereocenters. The van der Waals surface area contributed by atoms with Crippen molar-refractivity contribution in [2.45, 2.75) is 48.0 Å². The molecule has 2 aromatic heterocycles. The number of sulfone groups is 1. The molecule has 184 valence electrons. The van der Waals surface area contributed by atoms with E-state index in [1.807, 2.05) is 0 Å². The van der Waals surface area contributed by atoms with Gasteiger partial charge in [0.25, 0.3) is 5.91 Å². The highest BCUT2D eigenvalue weighted by Gasteiger charge is 2.34. The van der Waals surface area contributed by atoms with Crippen LogP contribution in [0.1, 0.15) is 41.9 Å². The van der Waals surface area contributed by atoms with Crippen molar-refractivity contribution in [2.75, 3.05) is 5.32 Å². The number of carbonyl (C=O) groups is 1. The van der Waals surface area contributed by atoms with Crippen molar-refractivity contribution in [1.29, 1.82) is 0 Å². The lowest BCUT2D eigenvalue weighted by Crippen LogP contribution is -2.33. The van der Waals surface area contributed by atoms with E-state index in [1.54, 1.807) is 24.3 Å². The fourth-order valence-electron chi connectivity index (χ4n) is 4.05. The molecule has 3 aromatic rings. The number of anilines is 1. The summed E-state index contributed by atoms with van der Waals surface area (Å²) >= 11 is 0. The van der Waals surface area contributed by atoms with Gasteiger partial charge in [0.15, 0.2) is 15.5 Å². The van der Waals surface area contributed by atoms with Crippen LogP contribution in [0.3, 0.4) is 0 Å². The summed E-state index contributed by atoms with van der Waals surface area (Å²) in [4.78, 5) is 22.6. The second-order valence-corrected chi connectivity index (χ2v) is 10.5. The number of primary amides is 1. The number of rotatable bonds is 6. The molecule has 0 bridgehead atoms. The van der Waals surface area contributed by atoms with Crippen molar-refractivity contribution in [1.82, 2.24) is 15.0 Å². The van der Waals surface area contributed by atoms with Gasteiger partial charge in [0.1, 0.15) is 11.5 Å². The Morgan fingerprint density at radius 3 is 2.20 bits per heavy atom. The number of hydrogen-bond acceptors (Lipinski definition) is 7. The first-order valence-corrected chi connectivity index (χ1v) is 12.3. The quantitative estimate of drug-likeness (QED) is 0.521. The van der Waals surface area contributed by atoms with E-state index in [4.69, 9.17) is 5.73 Å². The van der Waals surface area contributed by atoms with Crippen molar-refractivity contribution in [2.24, 2.45) is 5.73 Å². The number of benzene rings is 1. The maximum atomic E-state index is 13.2. The summed E-state index contributed by atoms with van der Waals surface area (Å²) in [6, 6.07) is 9.55. The number of carbonyl (C=O) groups excluding carboxylic acids is 1. The number of aromatic nitrogens is 3. The summed E-state index contributed by atoms with van der Waals surface area (Å²) in [5.74, 6) is -0.433. The van der Waals surface area contributed by atoms with Crippen molar-refractivity contribution in [3.05, 3.63) is 66.4 Å². The van der Waals surface area contributed by atoms with E-state index in [1.165, 1.54) is 18.3 Å². The minimum Gasteiger partial charge on any atom is -0.366 e. The third-order valence-electron chi connectivity index (χ3n) is 5.94. The summed E-state index contributed by atoms with van der Waals surface area (Å²) in [7, 11) is -3.57. The standard InChI is InChI=1S/C23H22F3N5O3S/c24-23(25,26)20-12-30-21(13-29-20)31-16-3-7-18(8-4-16)35(33,34)17-5-1-14(2-6-17)15-9-10-28-19(11-15)22(27)32/h1-2,5-6,9-13,16,18H,3-4,7-8H2,(H2,27,32)(H,30,31). The Morgan fingerprint density at radius 2 is 1.63 bits per heavy atom. The van der Waals surface area contributed by atoms with Gasteiger partial charge in [0, 0.05) is 12.2 Å². The van der Waals surface area contributed by atoms with Gasteiger partial charge in [-0.05, 0) is 61.1 Å². The normalized spacial score (nSPS) is 18.7. The van der Waals surface area contributed by atoms with Crippen LogP contribution in [0.4, 0.5) is 19.0 Å². The van der Waals surface area contributed by atoms with Crippen LogP contribution < -0.4 is 11.1 Å². The van der Waals surface area contributed by atoms with E-state index in [0.29, 0.717) is 37.4 Å². The van der Waals surface area contributed by atoms with Crippen molar-refractivity contribution < 1.29 is 26.4 Å². The average Bonchev–Trinajstić information content (AvgIpc) is 2.84. The molecule has 1 fully saturated rings. The second kappa shape index (κ2) is 9.61. The summed E-state index contributed by atoms with van der Waals surface area (Å²) in [6.45, 7) is 0. The highest BCUT2D eigenvalue weighted by Crippen LogP contribution is 2.32. The summed E-state index contributed by atoms with van der Waals surface area (Å²) in [5, 5.41) is 2.47. The van der Waals surface area contributed by atoms with Crippen LogP contribution in [-0.2, 0) is 16.0 Å². The number of alkyl halides is 3. The minimum absolute atomic E-state index is 0.110. The molecule has 1 amide bonds. The molecule has 0 spiro atoms. The molecule has 0 radical (unpaired) electrons. The van der Waals surface area contributed by atoms with E-state index in [-0.39, 0.29) is 22.4 Å². The maximum absolute atomic E-state index is 13.2. The summed E-state index contributed by atoms with van der Waals surface area (Å²) < 4.78 is 64.2. The van der Waals surface area contributed by atoms with Crippen molar-refractivity contribution >= 4 is 21.6 Å². The Labute approximate surface area is 199 Å². The van der Waals surface area contributed by atoms with E-state index in [0.717, 1.165) is 11.8 Å². The van der Waals surface area contributed by atoms with Gasteiger partial charge in [0.2, 0.25) is 0 Å². The lowest BCUT2D eigenvalue weighted by Gasteiger charge is -2.29. The Morgan fingerprint density at radius 1 is 0.943 bits per heavy atom. The predicted molar refractivity (Wildman–Crippen MR) is 122 cm³/mol. The van der Waals surface area contributed by atoms with Crippen LogP contribution in [-0.4, -0.2) is 40.6 Å². The fraction of sp³-hybridized carbons (Fsp3) is 0.304. The Bertz CT molecular complexity index is 1310. The Hall–Kier alpha value is -3.54. The topological polar surface area (TPSA) is 128 Å². The highest BCUT2D eigenvalue weighted by molar-refractivity contribution is 7.92. The van der Waals surface area contributed by atoms with Crippen LogP contribution in [0.25, 0.3) is 11.1 Å². The first kappa shape index (κ1) is 24.6. The molecule has 4 rings (SSSR count). The summed E-state index contributed by atoms with van der Waals surface area (Å²) in [6.07, 6.45) is 0.467. The first-order chi connectivity index (χ1) is 16.5. The molecule has 1 aromatic carbocycles. The number of pyridine rings is 1. The largest absolute Gasteiger partial charge is 0.434 e. The van der Waals surface area contributed by atoms with Crippen molar-refractivity contribution in [3.8, 4) is 11.1 Å². The molecule has 1 aliphatic carbocycles. The van der Waals surface area contributed by atoms with Crippen LogP contribution in [0.2, 0.25) is 0 Å². The van der Waals surface area contributed by atoms with Crippen LogP contribution in [0, 0.1) is 0 Å². The van der Waals surface area contributed by atoms with Crippen LogP contribution in [0.15, 0.2) is 59.9 Å². The third-order valence-corrected chi connectivity index (χ3v) is 8.21. The van der Waals surface area contributed by atoms with Crippen LogP contribution in [0.5, 0.6) is 0 Å². The molecule has 8 nitrogen and oxygen atoms in total. The predicted octanol–water partition coefficient (Wildman–Crippen LogP) is 3.85. The third kappa shape index (κ3) is 5.59. The SMILES string of the molecule is NC(=O)c1cc(-c2ccc(S(=O)(=O)C3CCC(Nc4cnc(C(F)(F)F)cn4)CC3)cc2)ccn1. The molecule has 12 heteroatoms. The molecular formula is C23H22F3N5O3S. The van der Waals surface area contributed by atoms with Crippen molar-refractivity contribution in [3.63, 3.8) is 0 Å². The number of halogens is 3. The zero-order valence-corrected chi connectivity index (χ0v) is 19.2. The van der Waals surface area contributed by atoms with E-state index in [9.17, 15) is 26.4 Å². The monoisotopic (exact) mass is 505 g/mol. The molecule has 35 heavy (non-hydrogen) atoms. The van der Waals surface area contributed by atoms with Gasteiger partial charge in [-0.1, -0.05) is 12.1 Å². The average molecular weight is 506 g/mol. The number of amides is 1. The lowest BCUT2D eigenvalue weighted by atomic mass is 9.95. The molecule has 3 N–H and O–H groups in total. The first-order valence-electron chi connectivity index (χ1n) is 10.8. The van der Waals surface area contributed by atoms with Crippen LogP contribution >= 0.6 is 0 Å². The number of nitrogens with two attached hydrogens (primary N) is 1. The zero-order valence-electron chi connectivity index (χ0n) is 18.4. The molecular weight excluding hydrogens is 483 g/mol. The van der Waals surface area contributed by atoms with Gasteiger partial charge in [-0.2, -0.15) is 13.2 Å². The van der Waals surface area contributed by atoms with Gasteiger partial charge in [-0.3, -0.25) is 9.78 Å². The number of nitrogens with one attached hydrogen (secondary N) is 1. The van der Waals surface area contributed by atoms with Gasteiger partial charge >= 0.3 is 6.18 Å².